The van der Waals surface area contributed by atoms with E-state index in [2.05, 4.69) is 5.32 Å². The number of anilines is 1. The molecule has 0 aliphatic heterocycles. The van der Waals surface area contributed by atoms with E-state index in [1.54, 1.807) is 24.3 Å². The van der Waals surface area contributed by atoms with Gasteiger partial charge < -0.3 is 9.47 Å². The minimum absolute atomic E-state index is 0.317. The summed E-state index contributed by atoms with van der Waals surface area (Å²) in [5.41, 5.74) is 0.671. The van der Waals surface area contributed by atoms with Gasteiger partial charge in [0.2, 0.25) is 0 Å². The van der Waals surface area contributed by atoms with Crippen LogP contribution in [-0.4, -0.2) is 12.7 Å². The zero-order valence-electron chi connectivity index (χ0n) is 12.2. The highest BCUT2D eigenvalue weighted by molar-refractivity contribution is 5.84. The zero-order valence-corrected chi connectivity index (χ0v) is 12.2. The van der Waals surface area contributed by atoms with Crippen molar-refractivity contribution in [3.8, 4) is 11.5 Å². The van der Waals surface area contributed by atoms with E-state index in [4.69, 9.17) is 9.47 Å². The van der Waals surface area contributed by atoms with Gasteiger partial charge in [-0.05, 0) is 42.3 Å². The molecule has 0 fully saturated rings. The molecule has 2 rings (SSSR count). The van der Waals surface area contributed by atoms with E-state index in [1.165, 1.54) is 0 Å². The van der Waals surface area contributed by atoms with E-state index in [9.17, 15) is 4.79 Å². The van der Waals surface area contributed by atoms with Crippen molar-refractivity contribution in [3.05, 3.63) is 54.6 Å². The number of rotatable bonds is 5. The molecule has 110 valence electrons. The second-order valence-electron chi connectivity index (χ2n) is 5.06. The highest BCUT2D eigenvalue weighted by Gasteiger charge is 2.05. The van der Waals surface area contributed by atoms with Crippen molar-refractivity contribution in [2.24, 2.45) is 5.92 Å². The molecule has 0 saturated heterocycles. The van der Waals surface area contributed by atoms with E-state index in [0.717, 1.165) is 5.75 Å². The van der Waals surface area contributed by atoms with Gasteiger partial charge in [-0.3, -0.25) is 5.32 Å². The Hall–Kier alpha value is -2.49. The molecule has 0 aromatic heterocycles. The number of hydrogen-bond donors (Lipinski definition) is 1. The minimum atomic E-state index is -0.444. The van der Waals surface area contributed by atoms with Crippen molar-refractivity contribution in [1.82, 2.24) is 0 Å². The monoisotopic (exact) mass is 285 g/mol. The Morgan fingerprint density at radius 1 is 1.00 bits per heavy atom. The predicted molar refractivity (Wildman–Crippen MR) is 82.8 cm³/mol. The summed E-state index contributed by atoms with van der Waals surface area (Å²) in [5, 5.41) is 2.67. The van der Waals surface area contributed by atoms with Crippen LogP contribution in [-0.2, 0) is 4.74 Å². The Labute approximate surface area is 124 Å². The number of para-hydroxylation sites is 1. The summed E-state index contributed by atoms with van der Waals surface area (Å²) >= 11 is 0. The quantitative estimate of drug-likeness (QED) is 0.867. The lowest BCUT2D eigenvalue weighted by Gasteiger charge is -2.09. The van der Waals surface area contributed by atoms with Crippen LogP contribution in [0.4, 0.5) is 10.5 Å². The number of carbonyl (C=O) groups is 1. The molecule has 4 heteroatoms. The van der Waals surface area contributed by atoms with Crippen molar-refractivity contribution in [3.63, 3.8) is 0 Å². The molecule has 21 heavy (non-hydrogen) atoms. The second kappa shape index (κ2) is 7.33. The van der Waals surface area contributed by atoms with Gasteiger partial charge in [-0.2, -0.15) is 0 Å². The van der Waals surface area contributed by atoms with Gasteiger partial charge in [-0.15, -0.1) is 0 Å². The average molecular weight is 285 g/mol. The summed E-state index contributed by atoms with van der Waals surface area (Å²) in [6.07, 6.45) is -0.444. The smallest absolute Gasteiger partial charge is 0.411 e. The van der Waals surface area contributed by atoms with Gasteiger partial charge in [0.05, 0.1) is 6.61 Å². The summed E-state index contributed by atoms with van der Waals surface area (Å²) in [7, 11) is 0. The third-order valence-corrected chi connectivity index (χ3v) is 2.63. The van der Waals surface area contributed by atoms with Crippen LogP contribution in [0.1, 0.15) is 13.8 Å². The number of benzene rings is 2. The largest absolute Gasteiger partial charge is 0.457 e. The first kappa shape index (κ1) is 14.9. The maximum Gasteiger partial charge on any atom is 0.411 e. The molecular weight excluding hydrogens is 266 g/mol. The van der Waals surface area contributed by atoms with Crippen molar-refractivity contribution in [2.75, 3.05) is 11.9 Å². The van der Waals surface area contributed by atoms with Gasteiger partial charge >= 0.3 is 6.09 Å². The lowest BCUT2D eigenvalue weighted by atomic mass is 10.2. The molecule has 0 unspecified atom stereocenters. The summed E-state index contributed by atoms with van der Waals surface area (Å²) in [4.78, 5) is 11.5. The Morgan fingerprint density at radius 3 is 2.24 bits per heavy atom. The van der Waals surface area contributed by atoms with E-state index >= 15 is 0 Å². The number of amides is 1. The molecular formula is C17H19NO3. The van der Waals surface area contributed by atoms with Crippen LogP contribution in [0.15, 0.2) is 54.6 Å². The fraction of sp³-hybridized carbons (Fsp3) is 0.235. The Balaban J connectivity index is 1.88. The molecule has 0 atom stereocenters. The molecule has 0 aliphatic rings. The summed E-state index contributed by atoms with van der Waals surface area (Å²) < 4.78 is 10.7. The number of ether oxygens (including phenoxy) is 2. The van der Waals surface area contributed by atoms with Crippen LogP contribution in [0.3, 0.4) is 0 Å². The van der Waals surface area contributed by atoms with E-state index in [0.29, 0.717) is 24.0 Å². The van der Waals surface area contributed by atoms with Crippen LogP contribution in [0.5, 0.6) is 11.5 Å². The molecule has 2 aromatic carbocycles. The van der Waals surface area contributed by atoms with Crippen LogP contribution < -0.4 is 10.1 Å². The summed E-state index contributed by atoms with van der Waals surface area (Å²) in [5.74, 6) is 1.80. The lowest BCUT2D eigenvalue weighted by Crippen LogP contribution is -2.16. The first-order valence-electron chi connectivity index (χ1n) is 6.90. The first-order chi connectivity index (χ1) is 10.1. The second-order valence-corrected chi connectivity index (χ2v) is 5.06. The number of hydrogen-bond acceptors (Lipinski definition) is 3. The highest BCUT2D eigenvalue weighted by Crippen LogP contribution is 2.22. The summed E-state index contributed by atoms with van der Waals surface area (Å²) in [6.45, 7) is 4.38. The van der Waals surface area contributed by atoms with Crippen molar-refractivity contribution >= 4 is 11.8 Å². The number of carbonyl (C=O) groups excluding carboxylic acids is 1. The van der Waals surface area contributed by atoms with E-state index < -0.39 is 6.09 Å². The summed E-state index contributed by atoms with van der Waals surface area (Å²) in [6, 6.07) is 16.7. The van der Waals surface area contributed by atoms with Gasteiger partial charge in [0.25, 0.3) is 0 Å². The highest BCUT2D eigenvalue weighted by atomic mass is 16.5. The number of nitrogens with one attached hydrogen (secondary N) is 1. The predicted octanol–water partition coefficient (Wildman–Crippen LogP) is 4.68. The minimum Gasteiger partial charge on any atom is -0.457 e. The normalized spacial score (nSPS) is 10.2. The Kier molecular flexibility index (Phi) is 5.21. The van der Waals surface area contributed by atoms with Crippen LogP contribution in [0, 0.1) is 5.92 Å². The lowest BCUT2D eigenvalue weighted by molar-refractivity contribution is 0.147. The molecule has 1 amide bonds. The third kappa shape index (κ3) is 5.18. The Morgan fingerprint density at radius 2 is 1.62 bits per heavy atom. The van der Waals surface area contributed by atoms with Crippen molar-refractivity contribution in [2.45, 2.75) is 13.8 Å². The van der Waals surface area contributed by atoms with Gasteiger partial charge in [0.1, 0.15) is 11.5 Å². The standard InChI is InChI=1S/C17H19NO3/c1-13(2)12-20-17(19)18-14-8-10-16(11-9-14)21-15-6-4-3-5-7-15/h3-11,13H,12H2,1-2H3,(H,18,19). The third-order valence-electron chi connectivity index (χ3n) is 2.63. The van der Waals surface area contributed by atoms with Gasteiger partial charge in [0.15, 0.2) is 0 Å². The van der Waals surface area contributed by atoms with Gasteiger partial charge in [-0.1, -0.05) is 32.0 Å². The maximum absolute atomic E-state index is 11.5. The maximum atomic E-state index is 11.5. The van der Waals surface area contributed by atoms with E-state index in [-0.39, 0.29) is 0 Å². The molecule has 0 heterocycles. The van der Waals surface area contributed by atoms with Crippen molar-refractivity contribution in [1.29, 1.82) is 0 Å². The van der Waals surface area contributed by atoms with E-state index in [1.807, 2.05) is 44.2 Å². The van der Waals surface area contributed by atoms with Gasteiger partial charge in [-0.25, -0.2) is 4.79 Å². The van der Waals surface area contributed by atoms with Crippen LogP contribution >= 0.6 is 0 Å². The molecule has 0 bridgehead atoms. The van der Waals surface area contributed by atoms with Crippen molar-refractivity contribution < 1.29 is 14.3 Å². The molecule has 4 nitrogen and oxygen atoms in total. The van der Waals surface area contributed by atoms with Gasteiger partial charge in [0, 0.05) is 5.69 Å². The molecule has 0 spiro atoms. The molecule has 1 N–H and O–H groups in total. The molecule has 0 radical (unpaired) electrons. The molecule has 0 saturated carbocycles. The van der Waals surface area contributed by atoms with Crippen LogP contribution in [0.25, 0.3) is 0 Å². The average Bonchev–Trinajstić information content (AvgIpc) is 2.48. The van der Waals surface area contributed by atoms with Crippen LogP contribution in [0.2, 0.25) is 0 Å². The zero-order chi connectivity index (χ0) is 15.1. The topological polar surface area (TPSA) is 47.6 Å². The Bertz CT molecular complexity index is 564. The fourth-order valence-electron chi connectivity index (χ4n) is 1.63. The fourth-order valence-corrected chi connectivity index (χ4v) is 1.63. The molecule has 0 aliphatic carbocycles. The molecule has 2 aromatic rings. The SMILES string of the molecule is CC(C)COC(=O)Nc1ccc(Oc2ccccc2)cc1. The first-order valence-corrected chi connectivity index (χ1v) is 6.90.